The third-order valence-corrected chi connectivity index (χ3v) is 6.53. The van der Waals surface area contributed by atoms with Crippen molar-refractivity contribution in [2.75, 3.05) is 19.7 Å². The molecule has 3 heterocycles. The molecule has 0 unspecified atom stereocenters. The van der Waals surface area contributed by atoms with E-state index in [1.807, 2.05) is 37.4 Å². The van der Waals surface area contributed by atoms with E-state index in [0.29, 0.717) is 12.1 Å². The molecule has 9 heteroatoms. The Balaban J connectivity index is 0.000000730. The topological polar surface area (TPSA) is 129 Å². The van der Waals surface area contributed by atoms with Crippen molar-refractivity contribution in [2.45, 2.75) is 12.0 Å². The average molecular weight is 424 g/mol. The van der Waals surface area contributed by atoms with E-state index in [4.69, 9.17) is 9.90 Å². The van der Waals surface area contributed by atoms with E-state index in [2.05, 4.69) is 10.1 Å². The minimum absolute atomic E-state index is 0.00118. The van der Waals surface area contributed by atoms with Crippen molar-refractivity contribution in [3.05, 3.63) is 59.9 Å². The number of aliphatic hydroxyl groups excluding tert-OH is 2. The van der Waals surface area contributed by atoms with Gasteiger partial charge in [-0.15, -0.1) is 0 Å². The number of hydrogen-bond donors (Lipinski definition) is 3. The van der Waals surface area contributed by atoms with Gasteiger partial charge in [-0.3, -0.25) is 19.3 Å². The zero-order valence-corrected chi connectivity index (χ0v) is 17.0. The number of nitrogens with zero attached hydrogens (tertiary/aromatic N) is 4. The normalized spacial score (nSPS) is 26.5. The van der Waals surface area contributed by atoms with Crippen LogP contribution in [-0.4, -0.2) is 73.2 Å². The first-order valence-electron chi connectivity index (χ1n) is 9.96. The van der Waals surface area contributed by atoms with Crippen LogP contribution in [0.4, 0.5) is 0 Å². The van der Waals surface area contributed by atoms with Gasteiger partial charge in [-0.1, -0.05) is 30.3 Å². The van der Waals surface area contributed by atoms with E-state index in [0.717, 1.165) is 16.6 Å². The van der Waals surface area contributed by atoms with E-state index in [-0.39, 0.29) is 37.4 Å². The lowest BCUT2D eigenvalue weighted by atomic mass is 9.95. The molecule has 3 aromatic rings. The van der Waals surface area contributed by atoms with Crippen LogP contribution in [0.1, 0.15) is 21.8 Å². The summed E-state index contributed by atoms with van der Waals surface area (Å²) < 4.78 is 1.69. The zero-order chi connectivity index (χ0) is 22.2. The molecule has 162 valence electrons. The number of carboxylic acid groups (broad SMARTS) is 1. The number of benzene rings is 1. The molecule has 2 fully saturated rings. The van der Waals surface area contributed by atoms with Crippen molar-refractivity contribution >= 4 is 23.4 Å². The van der Waals surface area contributed by atoms with E-state index >= 15 is 0 Å². The van der Waals surface area contributed by atoms with Crippen LogP contribution in [0, 0.1) is 11.3 Å². The van der Waals surface area contributed by atoms with Crippen LogP contribution in [0.15, 0.2) is 48.8 Å². The number of carbonyl (C=O) groups excluding carboxylic acids is 1. The van der Waals surface area contributed by atoms with Crippen LogP contribution in [0.5, 0.6) is 0 Å². The number of aliphatic hydroxyl groups is 2. The molecule has 31 heavy (non-hydrogen) atoms. The van der Waals surface area contributed by atoms with Crippen molar-refractivity contribution in [2.24, 2.45) is 18.4 Å². The molecule has 4 atom stereocenters. The summed E-state index contributed by atoms with van der Waals surface area (Å²) in [5.41, 5.74) is 2.65. The fraction of sp³-hybridized carbons (Fsp3) is 0.364. The van der Waals surface area contributed by atoms with E-state index in [1.54, 1.807) is 28.0 Å². The van der Waals surface area contributed by atoms with Gasteiger partial charge in [-0.25, -0.2) is 0 Å². The van der Waals surface area contributed by atoms with Crippen LogP contribution in [0.3, 0.4) is 0 Å². The molecule has 0 bridgehead atoms. The first-order valence-corrected chi connectivity index (χ1v) is 9.96. The summed E-state index contributed by atoms with van der Waals surface area (Å²) in [6, 6.07) is 11.7. The lowest BCUT2D eigenvalue weighted by molar-refractivity contribution is -0.122. The second-order valence-electron chi connectivity index (χ2n) is 7.99. The monoisotopic (exact) mass is 424 g/mol. The third-order valence-electron chi connectivity index (χ3n) is 6.53. The molecule has 1 amide bonds. The number of β-amino-alcohol motifs (C(OH)–C–C–N with tert-alkyl or cyclic N) is 1. The van der Waals surface area contributed by atoms with Crippen molar-refractivity contribution in [3.63, 3.8) is 0 Å². The lowest BCUT2D eigenvalue weighted by Crippen LogP contribution is -2.29. The molecule has 1 aliphatic carbocycles. The predicted octanol–water partition coefficient (Wildman–Crippen LogP) is 0.878. The highest BCUT2D eigenvalue weighted by Gasteiger charge is 2.71. The Morgan fingerprint density at radius 1 is 1.29 bits per heavy atom. The average Bonchev–Trinajstić information content (AvgIpc) is 3.10. The van der Waals surface area contributed by atoms with Gasteiger partial charge in [0.25, 0.3) is 12.4 Å². The number of aromatic nitrogens is 3. The fourth-order valence-corrected chi connectivity index (χ4v) is 5.05. The van der Waals surface area contributed by atoms with Gasteiger partial charge in [0.15, 0.2) is 0 Å². The number of likely N-dealkylation sites (tertiary alicyclic amines) is 1. The Bertz CT molecular complexity index is 1100. The minimum atomic E-state index is -0.660. The van der Waals surface area contributed by atoms with Crippen LogP contribution in [0.2, 0.25) is 0 Å². The second kappa shape index (κ2) is 8.09. The highest BCUT2D eigenvalue weighted by molar-refractivity contribution is 5.97. The second-order valence-corrected chi connectivity index (χ2v) is 7.99. The molecule has 0 radical (unpaired) electrons. The summed E-state index contributed by atoms with van der Waals surface area (Å²) in [6.45, 7) is 0.449. The summed E-state index contributed by atoms with van der Waals surface area (Å²) in [7, 11) is 1.81. The van der Waals surface area contributed by atoms with Crippen LogP contribution in [-0.2, 0) is 11.8 Å². The first kappa shape index (κ1) is 21.0. The molecule has 9 nitrogen and oxygen atoms in total. The van der Waals surface area contributed by atoms with Crippen LogP contribution < -0.4 is 0 Å². The lowest BCUT2D eigenvalue weighted by Gasteiger charge is -2.17. The molecular formula is C22H24N4O5. The Morgan fingerprint density at radius 2 is 2.00 bits per heavy atom. The SMILES string of the molecule is Cn1ncc2ncc(C(=O)N3C[C@@H](O)[C@@]4(C3)[C@H](CO)[C@H]4c3ccccc3)cc21.O=CO. The predicted molar refractivity (Wildman–Crippen MR) is 111 cm³/mol. The standard InChI is InChI=1S/C21H22N4O3.CH2O2/c1-24-17-7-14(8-22-16(17)9-23-24)20(28)25-10-18(27)21(12-25)15(11-26)19(21)13-5-3-2-4-6-13;2-1-3/h2-9,15,18-19,26-27H,10-12H2,1H3;1H,(H,2,3)/t15-,18-,19-,21-;/m1./s1. The Kier molecular flexibility index (Phi) is 5.47. The number of amides is 1. The summed E-state index contributed by atoms with van der Waals surface area (Å²) in [5, 5.41) is 31.8. The molecule has 3 N–H and O–H groups in total. The van der Waals surface area contributed by atoms with Gasteiger partial charge in [0.1, 0.15) is 5.52 Å². The maximum Gasteiger partial charge on any atom is 0.290 e. The van der Waals surface area contributed by atoms with Gasteiger partial charge >= 0.3 is 0 Å². The molecule has 2 aliphatic rings. The van der Waals surface area contributed by atoms with Gasteiger partial charge in [0.2, 0.25) is 0 Å². The minimum Gasteiger partial charge on any atom is -0.483 e. The maximum atomic E-state index is 13.1. The van der Waals surface area contributed by atoms with Crippen LogP contribution >= 0.6 is 0 Å². The zero-order valence-electron chi connectivity index (χ0n) is 17.0. The maximum absolute atomic E-state index is 13.1. The van der Waals surface area contributed by atoms with Crippen molar-refractivity contribution < 1.29 is 24.9 Å². The summed E-state index contributed by atoms with van der Waals surface area (Å²) >= 11 is 0. The Hall–Kier alpha value is -3.30. The molecule has 1 spiro atoms. The number of carbonyl (C=O) groups is 2. The van der Waals surface area contributed by atoms with E-state index in [9.17, 15) is 15.0 Å². The number of hydrogen-bond acceptors (Lipinski definition) is 6. The smallest absolute Gasteiger partial charge is 0.290 e. The number of pyridine rings is 1. The largest absolute Gasteiger partial charge is 0.483 e. The van der Waals surface area contributed by atoms with E-state index < -0.39 is 11.5 Å². The van der Waals surface area contributed by atoms with Crippen molar-refractivity contribution in [1.82, 2.24) is 19.7 Å². The number of rotatable bonds is 3. The van der Waals surface area contributed by atoms with Crippen molar-refractivity contribution in [1.29, 1.82) is 0 Å². The quantitative estimate of drug-likeness (QED) is 0.532. The van der Waals surface area contributed by atoms with Gasteiger partial charge in [-0.2, -0.15) is 5.10 Å². The first-order chi connectivity index (χ1) is 15.0. The van der Waals surface area contributed by atoms with Gasteiger partial charge in [-0.05, 0) is 23.5 Å². The fourth-order valence-electron chi connectivity index (χ4n) is 5.05. The van der Waals surface area contributed by atoms with Gasteiger partial charge < -0.3 is 20.2 Å². The van der Waals surface area contributed by atoms with E-state index in [1.165, 1.54) is 0 Å². The highest BCUT2D eigenvalue weighted by Crippen LogP contribution is 2.68. The summed E-state index contributed by atoms with van der Waals surface area (Å²) in [4.78, 5) is 27.5. The Morgan fingerprint density at radius 3 is 2.68 bits per heavy atom. The number of fused-ring (bicyclic) bond motifs is 1. The summed E-state index contributed by atoms with van der Waals surface area (Å²) in [5.74, 6) is -0.133. The molecule has 1 aliphatic heterocycles. The van der Waals surface area contributed by atoms with Crippen LogP contribution in [0.25, 0.3) is 11.0 Å². The number of aryl methyl sites for hydroxylation is 1. The molecule has 5 rings (SSSR count). The van der Waals surface area contributed by atoms with Gasteiger partial charge in [0, 0.05) is 38.4 Å². The van der Waals surface area contributed by atoms with Gasteiger partial charge in [0.05, 0.1) is 23.4 Å². The summed E-state index contributed by atoms with van der Waals surface area (Å²) in [6.07, 6.45) is 2.57. The third kappa shape index (κ3) is 3.35. The molecule has 2 aromatic heterocycles. The highest BCUT2D eigenvalue weighted by atomic mass is 16.3. The Labute approximate surface area is 178 Å². The molecule has 1 saturated carbocycles. The molecular weight excluding hydrogens is 400 g/mol. The van der Waals surface area contributed by atoms with Crippen molar-refractivity contribution in [3.8, 4) is 0 Å². The molecule has 1 aromatic carbocycles. The molecule has 1 saturated heterocycles.